The molecule has 3 rings (SSSR count). The minimum Gasteiger partial charge on any atom is -0.288 e. The lowest BCUT2D eigenvalue weighted by molar-refractivity contribution is 0.0879. The summed E-state index contributed by atoms with van der Waals surface area (Å²) in [6.45, 7) is 4.10. The van der Waals surface area contributed by atoms with E-state index >= 15 is 0 Å². The summed E-state index contributed by atoms with van der Waals surface area (Å²) >= 11 is 0. The van der Waals surface area contributed by atoms with E-state index in [9.17, 15) is 26.4 Å². The molecule has 0 aromatic heterocycles. The lowest BCUT2D eigenvalue weighted by Crippen LogP contribution is -2.30. The predicted octanol–water partition coefficient (Wildman–Crippen LogP) is 1.40. The Morgan fingerprint density at radius 1 is 0.828 bits per heavy atom. The van der Waals surface area contributed by atoms with E-state index in [1.54, 1.807) is 13.8 Å². The Morgan fingerprint density at radius 2 is 1.38 bits per heavy atom. The molecule has 11 heteroatoms. The van der Waals surface area contributed by atoms with E-state index < -0.39 is 31.9 Å². The topological polar surface area (TPSA) is 130 Å². The Bertz CT molecular complexity index is 1180. The molecular formula is C18H19N3O6S2. The summed E-state index contributed by atoms with van der Waals surface area (Å²) in [7, 11) is -7.70. The second-order valence-corrected chi connectivity index (χ2v) is 9.83. The van der Waals surface area contributed by atoms with Crippen molar-refractivity contribution in [1.82, 2.24) is 9.62 Å². The first-order valence-corrected chi connectivity index (χ1v) is 11.6. The highest BCUT2D eigenvalue weighted by Crippen LogP contribution is 2.23. The molecule has 0 saturated heterocycles. The van der Waals surface area contributed by atoms with Gasteiger partial charge < -0.3 is 0 Å². The van der Waals surface area contributed by atoms with Crippen molar-refractivity contribution in [3.05, 3.63) is 53.6 Å². The van der Waals surface area contributed by atoms with Crippen LogP contribution < -0.4 is 10.0 Å². The van der Waals surface area contributed by atoms with Crippen LogP contribution >= 0.6 is 0 Å². The Morgan fingerprint density at radius 3 is 1.97 bits per heavy atom. The molecule has 2 aromatic carbocycles. The van der Waals surface area contributed by atoms with Crippen molar-refractivity contribution < 1.29 is 26.4 Å². The van der Waals surface area contributed by atoms with Crippen molar-refractivity contribution >= 4 is 37.5 Å². The Hall–Kier alpha value is -2.76. The van der Waals surface area contributed by atoms with Crippen LogP contribution in [0.5, 0.6) is 0 Å². The number of rotatable bonds is 7. The van der Waals surface area contributed by atoms with Gasteiger partial charge in [-0.05, 0) is 42.5 Å². The van der Waals surface area contributed by atoms with Gasteiger partial charge in [-0.3, -0.25) is 19.6 Å². The molecule has 0 bridgehead atoms. The maximum atomic E-state index is 12.6. The normalized spacial score (nSPS) is 14.0. The van der Waals surface area contributed by atoms with Crippen LogP contribution in [0, 0.1) is 0 Å². The molecule has 2 aromatic rings. The van der Waals surface area contributed by atoms with Crippen molar-refractivity contribution in [2.45, 2.75) is 23.6 Å². The average Bonchev–Trinajstić information content (AvgIpc) is 2.96. The van der Waals surface area contributed by atoms with Gasteiger partial charge in [0.2, 0.25) is 10.0 Å². The molecule has 29 heavy (non-hydrogen) atoms. The van der Waals surface area contributed by atoms with Crippen LogP contribution in [0.3, 0.4) is 0 Å². The molecule has 0 radical (unpaired) electrons. The monoisotopic (exact) mass is 437 g/mol. The maximum Gasteiger partial charge on any atom is 0.261 e. The van der Waals surface area contributed by atoms with Gasteiger partial charge >= 0.3 is 0 Å². The van der Waals surface area contributed by atoms with Crippen LogP contribution in [0.15, 0.2) is 52.3 Å². The van der Waals surface area contributed by atoms with Gasteiger partial charge in [0.1, 0.15) is 0 Å². The number of fused-ring (bicyclic) bond motifs is 1. The number of hydrogen-bond acceptors (Lipinski definition) is 6. The van der Waals surface area contributed by atoms with E-state index in [1.165, 1.54) is 40.7 Å². The first-order chi connectivity index (χ1) is 13.6. The quantitative estimate of drug-likeness (QED) is 0.630. The molecule has 154 valence electrons. The SMILES string of the molecule is CCN(CC)S(=O)(=O)c1ccc(NS(=O)(=O)c2ccc3c(c2)C(=O)NC3=O)cc1. The minimum atomic E-state index is -4.05. The number of imide groups is 1. The van der Waals surface area contributed by atoms with Crippen LogP contribution in [0.1, 0.15) is 34.6 Å². The van der Waals surface area contributed by atoms with Gasteiger partial charge in [0, 0.05) is 18.8 Å². The Balaban J connectivity index is 1.86. The fourth-order valence-electron chi connectivity index (χ4n) is 2.94. The van der Waals surface area contributed by atoms with Crippen LogP contribution in [0.2, 0.25) is 0 Å². The summed E-state index contributed by atoms with van der Waals surface area (Å²) in [5.74, 6) is -1.24. The van der Waals surface area contributed by atoms with Gasteiger partial charge in [0.15, 0.2) is 0 Å². The first kappa shape index (κ1) is 21.0. The van der Waals surface area contributed by atoms with E-state index in [0.29, 0.717) is 13.1 Å². The van der Waals surface area contributed by atoms with E-state index in [4.69, 9.17) is 0 Å². The van der Waals surface area contributed by atoms with Crippen molar-refractivity contribution in [3.8, 4) is 0 Å². The highest BCUT2D eigenvalue weighted by Gasteiger charge is 2.29. The molecule has 0 fully saturated rings. The second-order valence-electron chi connectivity index (χ2n) is 6.21. The maximum absolute atomic E-state index is 12.6. The standard InChI is InChI=1S/C18H19N3O6S2/c1-3-21(4-2)29(26,27)13-7-5-12(6-8-13)20-28(24,25)14-9-10-15-16(11-14)18(23)19-17(15)22/h5-11,20H,3-4H2,1-2H3,(H,19,22,23). The zero-order valence-electron chi connectivity index (χ0n) is 15.7. The van der Waals surface area contributed by atoms with Crippen molar-refractivity contribution in [2.24, 2.45) is 0 Å². The first-order valence-electron chi connectivity index (χ1n) is 8.73. The van der Waals surface area contributed by atoms with E-state index in [-0.39, 0.29) is 26.6 Å². The molecule has 0 atom stereocenters. The molecular weight excluding hydrogens is 418 g/mol. The minimum absolute atomic E-state index is 0.0152. The average molecular weight is 437 g/mol. The number of nitrogens with zero attached hydrogens (tertiary/aromatic N) is 1. The fraction of sp³-hybridized carbons (Fsp3) is 0.222. The number of hydrogen-bond donors (Lipinski definition) is 2. The number of sulfonamides is 2. The zero-order valence-corrected chi connectivity index (χ0v) is 17.3. The summed E-state index contributed by atoms with van der Waals surface area (Å²) in [6, 6.07) is 8.94. The lowest BCUT2D eigenvalue weighted by Gasteiger charge is -2.18. The van der Waals surface area contributed by atoms with Gasteiger partial charge in [0.25, 0.3) is 21.8 Å². The van der Waals surface area contributed by atoms with Crippen LogP contribution in [0.25, 0.3) is 0 Å². The molecule has 2 N–H and O–H groups in total. The second kappa shape index (κ2) is 7.58. The summed E-state index contributed by atoms with van der Waals surface area (Å²) < 4.78 is 53.9. The zero-order chi connectivity index (χ0) is 21.4. The molecule has 1 aliphatic heterocycles. The number of anilines is 1. The van der Waals surface area contributed by atoms with Gasteiger partial charge in [-0.2, -0.15) is 4.31 Å². The molecule has 1 heterocycles. The van der Waals surface area contributed by atoms with Gasteiger partial charge in [-0.1, -0.05) is 13.8 Å². The van der Waals surface area contributed by atoms with Crippen molar-refractivity contribution in [3.63, 3.8) is 0 Å². The number of benzene rings is 2. The third kappa shape index (κ3) is 3.88. The van der Waals surface area contributed by atoms with Gasteiger partial charge in [-0.25, -0.2) is 16.8 Å². The Labute approximate surface area is 168 Å². The molecule has 0 aliphatic carbocycles. The van der Waals surface area contributed by atoms with E-state index in [0.717, 1.165) is 6.07 Å². The van der Waals surface area contributed by atoms with Crippen molar-refractivity contribution in [1.29, 1.82) is 0 Å². The van der Waals surface area contributed by atoms with Crippen LogP contribution in [0.4, 0.5) is 5.69 Å². The largest absolute Gasteiger partial charge is 0.288 e. The summed E-state index contributed by atoms with van der Waals surface area (Å²) in [5, 5.41) is 2.10. The fourth-order valence-corrected chi connectivity index (χ4v) is 5.48. The molecule has 0 unspecified atom stereocenters. The molecule has 2 amide bonds. The highest BCUT2D eigenvalue weighted by molar-refractivity contribution is 7.92. The Kier molecular flexibility index (Phi) is 5.48. The lowest BCUT2D eigenvalue weighted by atomic mass is 10.1. The third-order valence-electron chi connectivity index (χ3n) is 4.47. The smallest absolute Gasteiger partial charge is 0.261 e. The molecule has 9 nitrogen and oxygen atoms in total. The van der Waals surface area contributed by atoms with Crippen LogP contribution in [-0.2, 0) is 20.0 Å². The molecule has 1 aliphatic rings. The number of nitrogens with one attached hydrogen (secondary N) is 2. The highest BCUT2D eigenvalue weighted by atomic mass is 32.2. The summed E-state index contributed by atoms with van der Waals surface area (Å²) in [5.41, 5.74) is 0.253. The number of amides is 2. The third-order valence-corrected chi connectivity index (χ3v) is 7.91. The predicted molar refractivity (Wildman–Crippen MR) is 106 cm³/mol. The van der Waals surface area contributed by atoms with Crippen LogP contribution in [-0.4, -0.2) is 46.0 Å². The van der Waals surface area contributed by atoms with E-state index in [1.807, 2.05) is 0 Å². The van der Waals surface area contributed by atoms with E-state index in [2.05, 4.69) is 10.0 Å². The van der Waals surface area contributed by atoms with Gasteiger partial charge in [-0.15, -0.1) is 0 Å². The van der Waals surface area contributed by atoms with Gasteiger partial charge in [0.05, 0.1) is 20.9 Å². The van der Waals surface area contributed by atoms with Crippen molar-refractivity contribution in [2.75, 3.05) is 17.8 Å². The number of carbonyl (C=O) groups is 2. The molecule has 0 spiro atoms. The summed E-state index contributed by atoms with van der Waals surface area (Å²) in [4.78, 5) is 23.2. The number of carbonyl (C=O) groups excluding carboxylic acids is 2. The summed E-state index contributed by atoms with van der Waals surface area (Å²) in [6.07, 6.45) is 0. The molecule has 0 saturated carbocycles.